The van der Waals surface area contributed by atoms with E-state index in [1.807, 2.05) is 6.92 Å². The lowest BCUT2D eigenvalue weighted by Gasteiger charge is -2.28. The zero-order chi connectivity index (χ0) is 12.3. The lowest BCUT2D eigenvalue weighted by molar-refractivity contribution is -0.139. The smallest absolute Gasteiger partial charge is 0.251 e. The molecule has 0 aromatic heterocycles. The van der Waals surface area contributed by atoms with Crippen molar-refractivity contribution in [3.63, 3.8) is 0 Å². The summed E-state index contributed by atoms with van der Waals surface area (Å²) in [6.45, 7) is 3.35. The molecule has 1 aliphatic heterocycles. The minimum Gasteiger partial charge on any atom is -0.365 e. The second kappa shape index (κ2) is 5.57. The minimum atomic E-state index is -0.588. The second-order valence-corrected chi connectivity index (χ2v) is 6.14. The van der Waals surface area contributed by atoms with Crippen molar-refractivity contribution in [3.8, 4) is 0 Å². The first-order valence-electron chi connectivity index (χ1n) is 6.66. The Morgan fingerprint density at radius 3 is 2.94 bits per heavy atom. The van der Waals surface area contributed by atoms with Crippen LogP contribution in [-0.4, -0.2) is 30.0 Å². The molecule has 2 aliphatic rings. The van der Waals surface area contributed by atoms with E-state index in [2.05, 4.69) is 5.32 Å². The molecule has 0 aromatic rings. The number of hydrogen-bond acceptors (Lipinski definition) is 2. The number of nitrogens with one attached hydrogen (secondary N) is 1. The molecule has 0 aromatic carbocycles. The molecule has 1 amide bonds. The van der Waals surface area contributed by atoms with Crippen LogP contribution in [0.2, 0.25) is 0 Å². The maximum Gasteiger partial charge on any atom is 0.251 e. The molecule has 1 saturated carbocycles. The van der Waals surface area contributed by atoms with Crippen LogP contribution in [0.25, 0.3) is 0 Å². The average molecular weight is 260 g/mol. The summed E-state index contributed by atoms with van der Waals surface area (Å²) in [6.07, 6.45) is 6.33. The predicted molar refractivity (Wildman–Crippen MR) is 68.2 cm³/mol. The Labute approximate surface area is 108 Å². The number of amides is 1. The molecule has 1 aliphatic carbocycles. The van der Waals surface area contributed by atoms with Crippen molar-refractivity contribution >= 4 is 17.5 Å². The SMILES string of the molecule is CC1(C(=O)NCC2CCCC(Cl)C2)CCCO1. The average Bonchev–Trinajstić information content (AvgIpc) is 2.74. The van der Waals surface area contributed by atoms with E-state index >= 15 is 0 Å². The fraction of sp³-hybridized carbons (Fsp3) is 0.923. The van der Waals surface area contributed by atoms with Gasteiger partial charge in [0.15, 0.2) is 0 Å². The first kappa shape index (κ1) is 13.2. The Kier molecular flexibility index (Phi) is 4.31. The Morgan fingerprint density at radius 2 is 2.29 bits per heavy atom. The van der Waals surface area contributed by atoms with Crippen molar-refractivity contribution in [2.24, 2.45) is 5.92 Å². The second-order valence-electron chi connectivity index (χ2n) is 5.52. The van der Waals surface area contributed by atoms with Gasteiger partial charge in [0.1, 0.15) is 5.60 Å². The highest BCUT2D eigenvalue weighted by Crippen LogP contribution is 2.28. The van der Waals surface area contributed by atoms with Crippen LogP contribution in [0.1, 0.15) is 45.4 Å². The lowest BCUT2D eigenvalue weighted by atomic mass is 9.88. The van der Waals surface area contributed by atoms with Gasteiger partial charge in [0, 0.05) is 18.5 Å². The Bertz CT molecular complexity index is 277. The van der Waals surface area contributed by atoms with Gasteiger partial charge in [0.2, 0.25) is 0 Å². The molecule has 1 saturated heterocycles. The van der Waals surface area contributed by atoms with Crippen molar-refractivity contribution in [3.05, 3.63) is 0 Å². The first-order chi connectivity index (χ1) is 8.10. The van der Waals surface area contributed by atoms with Gasteiger partial charge >= 0.3 is 0 Å². The third-order valence-corrected chi connectivity index (χ3v) is 4.37. The van der Waals surface area contributed by atoms with E-state index in [0.29, 0.717) is 17.9 Å². The third kappa shape index (κ3) is 3.35. The summed E-state index contributed by atoms with van der Waals surface area (Å²) in [6, 6.07) is 0. The summed E-state index contributed by atoms with van der Waals surface area (Å²) >= 11 is 6.14. The van der Waals surface area contributed by atoms with Crippen LogP contribution in [0, 0.1) is 5.92 Å². The first-order valence-corrected chi connectivity index (χ1v) is 7.10. The third-order valence-electron chi connectivity index (χ3n) is 3.97. The van der Waals surface area contributed by atoms with E-state index in [4.69, 9.17) is 16.3 Å². The van der Waals surface area contributed by atoms with Crippen molar-refractivity contribution in [2.75, 3.05) is 13.2 Å². The van der Waals surface area contributed by atoms with Crippen LogP contribution in [0.3, 0.4) is 0 Å². The number of halogens is 1. The molecular weight excluding hydrogens is 238 g/mol. The molecule has 2 rings (SSSR count). The molecule has 17 heavy (non-hydrogen) atoms. The van der Waals surface area contributed by atoms with Crippen molar-refractivity contribution < 1.29 is 9.53 Å². The molecule has 0 spiro atoms. The zero-order valence-corrected chi connectivity index (χ0v) is 11.3. The van der Waals surface area contributed by atoms with Gasteiger partial charge < -0.3 is 10.1 Å². The summed E-state index contributed by atoms with van der Waals surface area (Å²) in [5, 5.41) is 3.33. The number of alkyl halides is 1. The summed E-state index contributed by atoms with van der Waals surface area (Å²) in [5.74, 6) is 0.590. The molecule has 3 atom stereocenters. The van der Waals surface area contributed by atoms with Gasteiger partial charge in [-0.2, -0.15) is 0 Å². The van der Waals surface area contributed by atoms with E-state index in [9.17, 15) is 4.79 Å². The molecular formula is C13H22ClNO2. The summed E-state index contributed by atoms with van der Waals surface area (Å²) < 4.78 is 5.53. The summed E-state index contributed by atoms with van der Waals surface area (Å²) in [7, 11) is 0. The highest BCUT2D eigenvalue weighted by molar-refractivity contribution is 6.20. The van der Waals surface area contributed by atoms with Gasteiger partial charge in [0.25, 0.3) is 5.91 Å². The highest BCUT2D eigenvalue weighted by atomic mass is 35.5. The highest BCUT2D eigenvalue weighted by Gasteiger charge is 2.37. The lowest BCUT2D eigenvalue weighted by Crippen LogP contribution is -2.45. The Balaban J connectivity index is 1.75. The van der Waals surface area contributed by atoms with Gasteiger partial charge in [0.05, 0.1) is 0 Å². The van der Waals surface area contributed by atoms with Crippen LogP contribution < -0.4 is 5.32 Å². The molecule has 4 heteroatoms. The summed E-state index contributed by atoms with van der Waals surface area (Å²) in [5.41, 5.74) is -0.588. The summed E-state index contributed by atoms with van der Waals surface area (Å²) in [4.78, 5) is 12.0. The maximum atomic E-state index is 12.0. The largest absolute Gasteiger partial charge is 0.365 e. The fourth-order valence-corrected chi connectivity index (χ4v) is 3.20. The minimum absolute atomic E-state index is 0.0479. The van der Waals surface area contributed by atoms with Gasteiger partial charge in [-0.1, -0.05) is 6.42 Å². The van der Waals surface area contributed by atoms with E-state index in [-0.39, 0.29) is 5.91 Å². The van der Waals surface area contributed by atoms with Crippen LogP contribution in [-0.2, 0) is 9.53 Å². The van der Waals surface area contributed by atoms with Crippen LogP contribution in [0.4, 0.5) is 0 Å². The predicted octanol–water partition coefficient (Wildman–Crippen LogP) is 2.47. The van der Waals surface area contributed by atoms with Gasteiger partial charge in [-0.15, -0.1) is 11.6 Å². The Hall–Kier alpha value is -0.280. The number of carbonyl (C=O) groups is 1. The number of hydrogen-bond donors (Lipinski definition) is 1. The number of rotatable bonds is 3. The van der Waals surface area contributed by atoms with Crippen molar-refractivity contribution in [1.82, 2.24) is 5.32 Å². The van der Waals surface area contributed by atoms with Crippen LogP contribution in [0.5, 0.6) is 0 Å². The van der Waals surface area contributed by atoms with E-state index < -0.39 is 5.60 Å². The number of ether oxygens (including phenoxy) is 1. The van der Waals surface area contributed by atoms with Gasteiger partial charge in [-0.25, -0.2) is 0 Å². The quantitative estimate of drug-likeness (QED) is 0.791. The maximum absolute atomic E-state index is 12.0. The topological polar surface area (TPSA) is 38.3 Å². The van der Waals surface area contributed by atoms with Gasteiger partial charge in [-0.05, 0) is 44.9 Å². The molecule has 1 N–H and O–H groups in total. The molecule has 1 heterocycles. The molecule has 3 unspecified atom stereocenters. The number of carbonyl (C=O) groups excluding carboxylic acids is 1. The Morgan fingerprint density at radius 1 is 1.47 bits per heavy atom. The van der Waals surface area contributed by atoms with E-state index in [1.54, 1.807) is 0 Å². The van der Waals surface area contributed by atoms with Crippen LogP contribution >= 0.6 is 11.6 Å². The molecule has 98 valence electrons. The normalized spacial score (nSPS) is 38.0. The molecule has 2 fully saturated rings. The van der Waals surface area contributed by atoms with Crippen LogP contribution in [0.15, 0.2) is 0 Å². The zero-order valence-electron chi connectivity index (χ0n) is 10.5. The molecule has 3 nitrogen and oxygen atoms in total. The molecule has 0 radical (unpaired) electrons. The standard InChI is InChI=1S/C13H22ClNO2/c1-13(6-3-7-17-13)12(16)15-9-10-4-2-5-11(14)8-10/h10-11H,2-9H2,1H3,(H,15,16). The van der Waals surface area contributed by atoms with Crippen molar-refractivity contribution in [2.45, 2.75) is 56.4 Å². The van der Waals surface area contributed by atoms with E-state index in [1.165, 1.54) is 12.8 Å². The fourth-order valence-electron chi connectivity index (χ4n) is 2.79. The van der Waals surface area contributed by atoms with E-state index in [0.717, 1.165) is 32.2 Å². The van der Waals surface area contributed by atoms with Gasteiger partial charge in [-0.3, -0.25) is 4.79 Å². The van der Waals surface area contributed by atoms with Crippen molar-refractivity contribution in [1.29, 1.82) is 0 Å². The molecule has 0 bridgehead atoms. The monoisotopic (exact) mass is 259 g/mol.